The monoisotopic (exact) mass is 360 g/mol. The molecule has 0 amide bonds. The maximum Gasteiger partial charge on any atom is 0.214 e. The summed E-state index contributed by atoms with van der Waals surface area (Å²) in [6.07, 6.45) is 2.70. The number of benzene rings is 3. The van der Waals surface area contributed by atoms with Gasteiger partial charge in [-0.05, 0) is 64.6 Å². The first-order valence-electron chi connectivity index (χ1n) is 8.29. The first kappa shape index (κ1) is 16.4. The molecule has 3 aromatic rings. The van der Waals surface area contributed by atoms with Crippen LogP contribution in [0.4, 0.5) is 5.69 Å². The van der Waals surface area contributed by atoms with Crippen molar-refractivity contribution in [3.63, 3.8) is 0 Å². The number of hydrogen-bond donors (Lipinski definition) is 2. The summed E-state index contributed by atoms with van der Waals surface area (Å²) in [6, 6.07) is 22.0. The molecule has 0 saturated heterocycles. The maximum atomic E-state index is 5.85. The molecule has 4 rings (SSSR count). The van der Waals surface area contributed by atoms with E-state index in [0.29, 0.717) is 10.7 Å². The molecule has 4 nitrogen and oxygen atoms in total. The molecule has 0 aliphatic heterocycles. The Labute approximate surface area is 157 Å². The van der Waals surface area contributed by atoms with Crippen LogP contribution in [0.25, 0.3) is 11.1 Å². The van der Waals surface area contributed by atoms with Crippen molar-refractivity contribution < 1.29 is 0 Å². The molecule has 26 heavy (non-hydrogen) atoms. The zero-order valence-electron chi connectivity index (χ0n) is 14.0. The molecule has 1 aliphatic rings. The molecule has 0 fully saturated rings. The van der Waals surface area contributed by atoms with E-state index in [1.165, 1.54) is 22.3 Å². The van der Waals surface area contributed by atoms with Gasteiger partial charge in [-0.25, -0.2) is 10.4 Å². The van der Waals surface area contributed by atoms with E-state index in [1.54, 1.807) is 30.5 Å². The van der Waals surface area contributed by atoms with E-state index in [0.717, 1.165) is 12.0 Å². The van der Waals surface area contributed by atoms with Crippen LogP contribution in [0.3, 0.4) is 0 Å². The minimum Gasteiger partial charge on any atom is -0.368 e. The van der Waals surface area contributed by atoms with Crippen molar-refractivity contribution in [3.05, 3.63) is 88.4 Å². The lowest BCUT2D eigenvalue weighted by Gasteiger charge is -2.02. The molecule has 3 N–H and O–H groups in total. The predicted molar refractivity (Wildman–Crippen MR) is 108 cm³/mol. The predicted octanol–water partition coefficient (Wildman–Crippen LogP) is 4.48. The zero-order chi connectivity index (χ0) is 17.9. The summed E-state index contributed by atoms with van der Waals surface area (Å²) < 4.78 is 0. The molecule has 5 heteroatoms. The van der Waals surface area contributed by atoms with E-state index in [-0.39, 0.29) is 5.96 Å². The average molecular weight is 361 g/mol. The van der Waals surface area contributed by atoms with Gasteiger partial charge < -0.3 is 5.73 Å². The standard InChI is InChI=1S/C21H17ClN4/c22-17-6-8-18(9-7-17)25-21(23)26-24-13-14-5-10-20-16(11-14)12-15-3-1-2-4-19(15)20/h1-11,13H,12H2,(H3,23,25,26). The summed E-state index contributed by atoms with van der Waals surface area (Å²) in [5.74, 6) is 0.220. The zero-order valence-corrected chi connectivity index (χ0v) is 14.7. The Balaban J connectivity index is 1.45. The van der Waals surface area contributed by atoms with Gasteiger partial charge in [-0.15, -0.1) is 0 Å². The Morgan fingerprint density at radius 1 is 0.962 bits per heavy atom. The second kappa shape index (κ2) is 7.02. The topological polar surface area (TPSA) is 62.8 Å². The second-order valence-electron chi connectivity index (χ2n) is 6.09. The molecular weight excluding hydrogens is 344 g/mol. The minimum absolute atomic E-state index is 0.220. The number of fused-ring (bicyclic) bond motifs is 3. The number of nitrogens with zero attached hydrogens (tertiary/aromatic N) is 2. The first-order valence-corrected chi connectivity index (χ1v) is 8.67. The number of hydrogen-bond acceptors (Lipinski definition) is 2. The molecular formula is C21H17ClN4. The van der Waals surface area contributed by atoms with Gasteiger partial charge in [-0.3, -0.25) is 0 Å². The van der Waals surface area contributed by atoms with Crippen LogP contribution in [0, 0.1) is 0 Å². The largest absolute Gasteiger partial charge is 0.368 e. The van der Waals surface area contributed by atoms with E-state index in [1.807, 2.05) is 0 Å². The number of nitrogens with one attached hydrogen (secondary N) is 1. The SMILES string of the molecule is NC(=Nc1ccc(Cl)cc1)NN=Cc1ccc2c(c1)Cc1ccccc1-2. The van der Waals surface area contributed by atoms with Gasteiger partial charge in [0, 0.05) is 5.02 Å². The molecule has 0 atom stereocenters. The van der Waals surface area contributed by atoms with E-state index in [4.69, 9.17) is 17.3 Å². The highest BCUT2D eigenvalue weighted by Gasteiger charge is 2.17. The van der Waals surface area contributed by atoms with E-state index in [2.05, 4.69) is 58.0 Å². The highest BCUT2D eigenvalue weighted by molar-refractivity contribution is 6.30. The molecule has 0 bridgehead atoms. The fourth-order valence-corrected chi connectivity index (χ4v) is 3.22. The molecule has 3 aromatic carbocycles. The van der Waals surface area contributed by atoms with Crippen molar-refractivity contribution in [2.45, 2.75) is 6.42 Å². The summed E-state index contributed by atoms with van der Waals surface area (Å²) in [5, 5.41) is 4.83. The lowest BCUT2D eigenvalue weighted by atomic mass is 10.0. The number of halogens is 1. The Bertz CT molecular complexity index is 1010. The molecule has 0 heterocycles. The lowest BCUT2D eigenvalue weighted by Crippen LogP contribution is -2.26. The normalized spacial score (nSPS) is 12.9. The summed E-state index contributed by atoms with van der Waals surface area (Å²) in [4.78, 5) is 4.23. The van der Waals surface area contributed by atoms with Crippen molar-refractivity contribution in [3.8, 4) is 11.1 Å². The summed E-state index contributed by atoms with van der Waals surface area (Å²) in [7, 11) is 0. The molecule has 0 unspecified atom stereocenters. The molecule has 0 radical (unpaired) electrons. The van der Waals surface area contributed by atoms with Crippen molar-refractivity contribution >= 4 is 29.5 Å². The molecule has 0 aromatic heterocycles. The highest BCUT2D eigenvalue weighted by Crippen LogP contribution is 2.36. The number of nitrogens with two attached hydrogens (primary N) is 1. The summed E-state index contributed by atoms with van der Waals surface area (Å²) >= 11 is 5.85. The number of hydrazone groups is 1. The van der Waals surface area contributed by atoms with Crippen LogP contribution in [-0.4, -0.2) is 12.2 Å². The van der Waals surface area contributed by atoms with Crippen LogP contribution in [-0.2, 0) is 6.42 Å². The number of guanidine groups is 1. The van der Waals surface area contributed by atoms with Gasteiger partial charge in [-0.1, -0.05) is 48.0 Å². The van der Waals surface area contributed by atoms with Gasteiger partial charge in [0.2, 0.25) is 5.96 Å². The summed E-state index contributed by atoms with van der Waals surface area (Å²) in [5.41, 5.74) is 15.6. The van der Waals surface area contributed by atoms with Crippen molar-refractivity contribution in [2.75, 3.05) is 0 Å². The van der Waals surface area contributed by atoms with E-state index >= 15 is 0 Å². The van der Waals surface area contributed by atoms with Crippen molar-refractivity contribution in [1.82, 2.24) is 5.43 Å². The van der Waals surface area contributed by atoms with Crippen LogP contribution < -0.4 is 11.2 Å². The molecule has 0 saturated carbocycles. The highest BCUT2D eigenvalue weighted by atomic mass is 35.5. The third-order valence-electron chi connectivity index (χ3n) is 4.29. The van der Waals surface area contributed by atoms with Gasteiger partial charge >= 0.3 is 0 Å². The van der Waals surface area contributed by atoms with Gasteiger partial charge in [0.05, 0.1) is 11.9 Å². The number of rotatable bonds is 3. The van der Waals surface area contributed by atoms with Crippen LogP contribution in [0.5, 0.6) is 0 Å². The van der Waals surface area contributed by atoms with Gasteiger partial charge in [0.15, 0.2) is 0 Å². The molecule has 1 aliphatic carbocycles. The van der Waals surface area contributed by atoms with Gasteiger partial charge in [-0.2, -0.15) is 5.10 Å². The maximum absolute atomic E-state index is 5.85. The Morgan fingerprint density at radius 3 is 2.58 bits per heavy atom. The Hall–Kier alpha value is -3.11. The smallest absolute Gasteiger partial charge is 0.214 e. The van der Waals surface area contributed by atoms with Crippen LogP contribution in [0.2, 0.25) is 5.02 Å². The van der Waals surface area contributed by atoms with E-state index < -0.39 is 0 Å². The van der Waals surface area contributed by atoms with Crippen molar-refractivity contribution in [1.29, 1.82) is 0 Å². The fraction of sp³-hybridized carbons (Fsp3) is 0.0476. The first-order chi connectivity index (χ1) is 12.7. The quantitative estimate of drug-likeness (QED) is 0.321. The minimum atomic E-state index is 0.220. The van der Waals surface area contributed by atoms with Crippen LogP contribution in [0.15, 0.2) is 76.8 Å². The Morgan fingerprint density at radius 2 is 1.73 bits per heavy atom. The summed E-state index contributed by atoms with van der Waals surface area (Å²) in [6.45, 7) is 0. The van der Waals surface area contributed by atoms with Crippen LogP contribution >= 0.6 is 11.6 Å². The number of aliphatic imine (C=N–C) groups is 1. The van der Waals surface area contributed by atoms with Gasteiger partial charge in [0.1, 0.15) is 0 Å². The lowest BCUT2D eigenvalue weighted by molar-refractivity contribution is 1.01. The van der Waals surface area contributed by atoms with Crippen LogP contribution in [0.1, 0.15) is 16.7 Å². The van der Waals surface area contributed by atoms with Gasteiger partial charge in [0.25, 0.3) is 0 Å². The Kier molecular flexibility index (Phi) is 4.42. The van der Waals surface area contributed by atoms with Crippen molar-refractivity contribution in [2.24, 2.45) is 15.8 Å². The molecule has 0 spiro atoms. The molecule has 128 valence electrons. The fourth-order valence-electron chi connectivity index (χ4n) is 3.10. The second-order valence-corrected chi connectivity index (χ2v) is 6.53. The third-order valence-corrected chi connectivity index (χ3v) is 4.54. The van der Waals surface area contributed by atoms with E-state index in [9.17, 15) is 0 Å². The average Bonchev–Trinajstić information content (AvgIpc) is 3.01. The third kappa shape index (κ3) is 3.46.